The quantitative estimate of drug-likeness (QED) is 0.518. The van der Waals surface area contributed by atoms with E-state index >= 15 is 0 Å². The second-order valence-corrected chi connectivity index (χ2v) is 2.52. The zero-order valence-corrected chi connectivity index (χ0v) is 6.47. The molecule has 0 bridgehead atoms. The minimum atomic E-state index is -0.638. The van der Waals surface area contributed by atoms with E-state index < -0.39 is 6.23 Å². The molecular weight excluding hydrogens is 128 g/mol. The maximum atomic E-state index is 9.23. The van der Waals surface area contributed by atoms with Crippen molar-refractivity contribution in [2.24, 2.45) is 4.99 Å². The molecule has 1 aliphatic rings. The van der Waals surface area contributed by atoms with Crippen LogP contribution in [-0.2, 0) is 0 Å². The van der Waals surface area contributed by atoms with E-state index in [0.29, 0.717) is 0 Å². The molecule has 0 saturated heterocycles. The molecule has 1 unspecified atom stereocenters. The smallest absolute Gasteiger partial charge is 0.170 e. The first-order valence-corrected chi connectivity index (χ1v) is 3.28. The summed E-state index contributed by atoms with van der Waals surface area (Å²) in [5.41, 5.74) is 1.89. The third kappa shape index (κ3) is 1.19. The first-order valence-electron chi connectivity index (χ1n) is 3.28. The highest BCUT2D eigenvalue weighted by Gasteiger charge is 2.12. The van der Waals surface area contributed by atoms with Crippen LogP contribution in [0, 0.1) is 0 Å². The Morgan fingerprint density at radius 1 is 1.40 bits per heavy atom. The number of rotatable bonds is 0. The average Bonchev–Trinajstić information content (AvgIpc) is 1.82. The minimum Gasteiger partial charge on any atom is -0.368 e. The summed E-state index contributed by atoms with van der Waals surface area (Å²) in [5, 5.41) is 12.3. The lowest BCUT2D eigenvalue weighted by Gasteiger charge is -2.19. The first-order chi connectivity index (χ1) is 4.61. The predicted molar refractivity (Wildman–Crippen MR) is 40.6 cm³/mol. The fraction of sp³-hybridized carbons (Fsp3) is 0.571. The van der Waals surface area contributed by atoms with E-state index in [0.717, 1.165) is 17.1 Å². The third-order valence-electron chi connectivity index (χ3n) is 1.66. The van der Waals surface area contributed by atoms with Crippen LogP contribution >= 0.6 is 0 Å². The molecule has 56 valence electrons. The molecule has 1 aliphatic heterocycles. The maximum Gasteiger partial charge on any atom is 0.170 e. The van der Waals surface area contributed by atoms with Crippen molar-refractivity contribution in [1.29, 1.82) is 0 Å². The van der Waals surface area contributed by atoms with Crippen LogP contribution < -0.4 is 5.32 Å². The molecule has 1 rings (SSSR count). The number of aliphatic hydroxyl groups is 1. The number of hydrogen-bond donors (Lipinski definition) is 2. The summed E-state index contributed by atoms with van der Waals surface area (Å²) in [5.74, 6) is 0.774. The van der Waals surface area contributed by atoms with E-state index in [1.165, 1.54) is 0 Å². The summed E-state index contributed by atoms with van der Waals surface area (Å²) >= 11 is 0. The van der Waals surface area contributed by atoms with Gasteiger partial charge in [-0.3, -0.25) is 0 Å². The van der Waals surface area contributed by atoms with Crippen molar-refractivity contribution >= 4 is 5.84 Å². The van der Waals surface area contributed by atoms with Crippen molar-refractivity contribution in [1.82, 2.24) is 5.32 Å². The molecule has 0 aromatic rings. The topological polar surface area (TPSA) is 44.6 Å². The lowest BCUT2D eigenvalue weighted by molar-refractivity contribution is 0.217. The van der Waals surface area contributed by atoms with Crippen LogP contribution in [0.1, 0.15) is 20.8 Å². The van der Waals surface area contributed by atoms with Crippen LogP contribution in [0.25, 0.3) is 0 Å². The first kappa shape index (κ1) is 7.28. The fourth-order valence-corrected chi connectivity index (χ4v) is 0.876. The number of aliphatic imine (C=N–C) groups is 1. The number of nitrogens with zero attached hydrogens (tertiary/aromatic N) is 1. The second kappa shape index (κ2) is 2.42. The average molecular weight is 140 g/mol. The number of hydrogen-bond acceptors (Lipinski definition) is 3. The number of aliphatic hydroxyl groups excluding tert-OH is 1. The Kier molecular flexibility index (Phi) is 1.76. The molecule has 0 saturated carbocycles. The molecule has 10 heavy (non-hydrogen) atoms. The van der Waals surface area contributed by atoms with E-state index in [1.807, 2.05) is 20.8 Å². The van der Waals surface area contributed by atoms with Crippen molar-refractivity contribution in [2.45, 2.75) is 27.0 Å². The van der Waals surface area contributed by atoms with Gasteiger partial charge in [-0.1, -0.05) is 0 Å². The van der Waals surface area contributed by atoms with Gasteiger partial charge in [-0.25, -0.2) is 4.99 Å². The molecule has 2 N–H and O–H groups in total. The molecule has 0 aliphatic carbocycles. The van der Waals surface area contributed by atoms with Crippen LogP contribution in [0.3, 0.4) is 0 Å². The maximum absolute atomic E-state index is 9.23. The van der Waals surface area contributed by atoms with Gasteiger partial charge in [-0.15, -0.1) is 0 Å². The van der Waals surface area contributed by atoms with Crippen molar-refractivity contribution in [2.75, 3.05) is 0 Å². The molecule has 0 fully saturated rings. The summed E-state index contributed by atoms with van der Waals surface area (Å²) in [7, 11) is 0. The van der Waals surface area contributed by atoms with Gasteiger partial charge in [0.25, 0.3) is 0 Å². The van der Waals surface area contributed by atoms with Gasteiger partial charge in [-0.2, -0.15) is 0 Å². The molecule has 0 amide bonds. The van der Waals surface area contributed by atoms with E-state index in [1.54, 1.807) is 0 Å². The van der Waals surface area contributed by atoms with E-state index in [2.05, 4.69) is 10.3 Å². The monoisotopic (exact) mass is 140 g/mol. The molecule has 0 aromatic carbocycles. The van der Waals surface area contributed by atoms with Crippen LogP contribution in [0.5, 0.6) is 0 Å². The third-order valence-corrected chi connectivity index (χ3v) is 1.66. The molecule has 3 heteroatoms. The van der Waals surface area contributed by atoms with Gasteiger partial charge in [-0.05, 0) is 26.3 Å². The molecule has 0 aromatic heterocycles. The van der Waals surface area contributed by atoms with Crippen molar-refractivity contribution in [3.63, 3.8) is 0 Å². The summed E-state index contributed by atoms with van der Waals surface area (Å²) in [4.78, 5) is 3.92. The number of allylic oxidation sites excluding steroid dienone is 1. The minimum absolute atomic E-state index is 0.638. The zero-order chi connectivity index (χ0) is 7.72. The van der Waals surface area contributed by atoms with Gasteiger partial charge in [0, 0.05) is 5.70 Å². The van der Waals surface area contributed by atoms with E-state index in [-0.39, 0.29) is 0 Å². The van der Waals surface area contributed by atoms with Crippen LogP contribution in [0.4, 0.5) is 0 Å². The highest BCUT2D eigenvalue weighted by Crippen LogP contribution is 2.11. The molecule has 1 atom stereocenters. The summed E-state index contributed by atoms with van der Waals surface area (Å²) < 4.78 is 0. The van der Waals surface area contributed by atoms with Gasteiger partial charge >= 0.3 is 0 Å². The van der Waals surface area contributed by atoms with Gasteiger partial charge in [0.15, 0.2) is 6.23 Å². The van der Waals surface area contributed by atoms with Gasteiger partial charge in [0.05, 0.1) is 0 Å². The molecule has 3 nitrogen and oxygen atoms in total. The van der Waals surface area contributed by atoms with Crippen molar-refractivity contribution < 1.29 is 5.11 Å². The fourth-order valence-electron chi connectivity index (χ4n) is 0.876. The van der Waals surface area contributed by atoms with Crippen LogP contribution in [-0.4, -0.2) is 17.2 Å². The van der Waals surface area contributed by atoms with E-state index in [4.69, 9.17) is 0 Å². The van der Waals surface area contributed by atoms with Gasteiger partial charge in [0.2, 0.25) is 0 Å². The van der Waals surface area contributed by atoms with Crippen LogP contribution in [0.2, 0.25) is 0 Å². The lowest BCUT2D eigenvalue weighted by atomic mass is 10.2. The normalized spacial score (nSPS) is 26.0. The Balaban J connectivity index is 2.85. The van der Waals surface area contributed by atoms with Gasteiger partial charge in [0.1, 0.15) is 5.84 Å². The molecular formula is C7H12N2O. The molecule has 0 radical (unpaired) electrons. The zero-order valence-electron chi connectivity index (χ0n) is 6.47. The van der Waals surface area contributed by atoms with Gasteiger partial charge < -0.3 is 10.4 Å². The standard InChI is InChI=1S/C7H12N2O/c1-4-5(2)8-6(3)9-7(4)10/h7,10H,1-3H3,(H,8,9). The summed E-state index contributed by atoms with van der Waals surface area (Å²) in [6.07, 6.45) is -0.638. The molecule has 1 heterocycles. The van der Waals surface area contributed by atoms with Crippen molar-refractivity contribution in [3.8, 4) is 0 Å². The lowest BCUT2D eigenvalue weighted by Crippen LogP contribution is -2.28. The largest absolute Gasteiger partial charge is 0.368 e. The number of amidine groups is 1. The van der Waals surface area contributed by atoms with Crippen molar-refractivity contribution in [3.05, 3.63) is 11.3 Å². The highest BCUT2D eigenvalue weighted by molar-refractivity contribution is 5.82. The molecule has 0 spiro atoms. The highest BCUT2D eigenvalue weighted by atomic mass is 16.3. The summed E-state index contributed by atoms with van der Waals surface area (Å²) in [6.45, 7) is 5.62. The second-order valence-electron chi connectivity index (χ2n) is 2.52. The Labute approximate surface area is 60.5 Å². The summed E-state index contributed by atoms with van der Waals surface area (Å²) in [6, 6.07) is 0. The Hall–Kier alpha value is -0.830. The Bertz CT molecular complexity index is 206. The Morgan fingerprint density at radius 2 is 2.00 bits per heavy atom. The SMILES string of the molecule is CC1=NC(O)C(C)=C(C)N1. The van der Waals surface area contributed by atoms with E-state index in [9.17, 15) is 5.11 Å². The van der Waals surface area contributed by atoms with Crippen LogP contribution in [0.15, 0.2) is 16.3 Å². The predicted octanol–water partition coefficient (Wildman–Crippen LogP) is 0.620. The number of nitrogens with one attached hydrogen (secondary N) is 1. The Morgan fingerprint density at radius 3 is 2.50 bits per heavy atom.